The number of rotatable bonds is 9. The Bertz CT molecular complexity index is 6460. The van der Waals surface area contributed by atoms with E-state index in [1.165, 1.54) is 71.7 Å². The van der Waals surface area contributed by atoms with Gasteiger partial charge in [-0.25, -0.2) is 22.0 Å². The maximum absolute atomic E-state index is 13.4. The summed E-state index contributed by atoms with van der Waals surface area (Å²) in [6.45, 7) is 36.6. The summed E-state index contributed by atoms with van der Waals surface area (Å²) in [6.07, 6.45) is -8.62. The van der Waals surface area contributed by atoms with Crippen LogP contribution in [0.25, 0.3) is 98.1 Å². The average molecular weight is 1820 g/mol. The SMILES string of the molecule is CC(C)c1[nH]nc2c(Cl)cccc12.CC(C)c1[nH]nc2c(F)cccc12.CC(C)c1[nH]nc2c(O)ccc(F)c12.CC(C)c1[nH]nc2cc(C(F)(F)F)ccc12.CC(C)c1[nH]nc2cc(Cl)c(F)cc12.CC(C)c1[nH]nc2cc(Cl)ccc12.CC(C)c1[nH]nc2cc(F)c(Cl)cc12.CC(C)c1[nH]nc2cc(F)ccc12.CC(C)c1[nH]nc2ccc(C(F)(F)F)cc12. The molecule has 0 fully saturated rings. The van der Waals surface area contributed by atoms with Gasteiger partial charge in [-0.2, -0.15) is 72.2 Å². The third kappa shape index (κ3) is 23.0. The quantitative estimate of drug-likeness (QED) is 0.0610. The lowest BCUT2D eigenvalue weighted by atomic mass is 10.0. The first-order chi connectivity index (χ1) is 59.3. The fraction of sp³-hybridized carbons (Fsp3) is 0.315. The van der Waals surface area contributed by atoms with E-state index in [4.69, 9.17) is 46.4 Å². The molecule has 0 atom stereocenters. The molecule has 0 radical (unpaired) electrons. The van der Waals surface area contributed by atoms with E-state index in [0.29, 0.717) is 95.6 Å². The number of phenols is 1. The van der Waals surface area contributed by atoms with Crippen LogP contribution in [0.3, 0.4) is 0 Å². The molecule has 0 aliphatic heterocycles. The Balaban J connectivity index is 0.000000148. The Morgan fingerprint density at radius 1 is 0.262 bits per heavy atom. The summed E-state index contributed by atoms with van der Waals surface area (Å²) in [5, 5.41) is 80.8. The number of aromatic hydroxyl groups is 1. The Hall–Kier alpha value is -11.6. The van der Waals surface area contributed by atoms with Crippen LogP contribution in [-0.2, 0) is 12.4 Å². The number of fused-ring (bicyclic) bond motifs is 9. The standard InChI is InChI=1S/2C11H11F3N2.2C10H10ClFN2.2C10H11ClN2.C10H11FN2O.2C10H11FN2/c1-6(2)10-8-5-7(11(12,13)14)3-4-9(8)15-16-10;1-6(2)10-8-4-3-7(11(12,13)14)5-9(8)15-16-10;1-5(2)10-6-3-8(12)7(11)4-9(6)13-14-10;1-5(2)10-6-3-7(11)8(12)4-9(6)13-14-10;1-6(2)10-8-4-3-7(11)5-9(8)12-13-10;1-6(2)9-7-4-3-5-8(11)10(7)13-12-9;1-5(2)9-8-6(11)3-4-7(14)10(8)13-12-9;1-6(2)10-8-4-3-7(11)5-9(8)12-13-10;1-6(2)9-7-4-3-5-8(11)10(7)13-12-9/h2*3-6H,1-2H3,(H,15,16);2*3-5H,1-2H3,(H,13,14);2*3-6H,1-2H3,(H,12,13);3-5,14H,1-2H3,(H,12,13);2*3-6H,1-2H3,(H,12,13). The number of halogens is 15. The minimum atomic E-state index is -4.31. The maximum atomic E-state index is 13.4. The van der Waals surface area contributed by atoms with E-state index in [9.17, 15) is 53.4 Å². The van der Waals surface area contributed by atoms with Gasteiger partial charge in [0.2, 0.25) is 0 Å². The number of aromatic nitrogens is 18. The monoisotopic (exact) mass is 1820 g/mol. The molecule has 9 aromatic heterocycles. The first-order valence-corrected chi connectivity index (χ1v) is 42.0. The molecular formula is C92H97Cl4F11N18O. The molecular weight excluding hydrogens is 1720 g/mol. The van der Waals surface area contributed by atoms with Crippen molar-refractivity contribution in [2.24, 2.45) is 0 Å². The number of H-pyrrole nitrogens is 9. The van der Waals surface area contributed by atoms with Gasteiger partial charge in [-0.15, -0.1) is 0 Å². The van der Waals surface area contributed by atoms with Gasteiger partial charge in [0.15, 0.2) is 5.82 Å². The predicted octanol–water partition coefficient (Wildman–Crippen LogP) is 29.2. The second kappa shape index (κ2) is 41.2. The van der Waals surface area contributed by atoms with Gasteiger partial charge in [0.05, 0.1) is 64.7 Å². The van der Waals surface area contributed by atoms with Crippen LogP contribution in [0.2, 0.25) is 20.1 Å². The molecule has 0 aliphatic carbocycles. The van der Waals surface area contributed by atoms with Crippen molar-refractivity contribution in [3.05, 3.63) is 257 Å². The van der Waals surface area contributed by atoms with E-state index < -0.39 is 35.1 Å². The van der Waals surface area contributed by atoms with Crippen molar-refractivity contribution >= 4 is 145 Å². The number of hydrogen-bond acceptors (Lipinski definition) is 10. The van der Waals surface area contributed by atoms with Crippen LogP contribution in [0.1, 0.15) is 240 Å². The Morgan fingerprint density at radius 3 is 1.11 bits per heavy atom. The summed E-state index contributed by atoms with van der Waals surface area (Å²) < 4.78 is 141. The second-order valence-corrected chi connectivity index (χ2v) is 34.2. The highest BCUT2D eigenvalue weighted by atomic mass is 35.5. The molecule has 126 heavy (non-hydrogen) atoms. The van der Waals surface area contributed by atoms with E-state index in [2.05, 4.69) is 147 Å². The predicted molar refractivity (Wildman–Crippen MR) is 483 cm³/mol. The Kier molecular flexibility index (Phi) is 31.6. The maximum Gasteiger partial charge on any atom is 0.416 e. The van der Waals surface area contributed by atoms with Gasteiger partial charge < -0.3 is 5.11 Å². The topological polar surface area (TPSA) is 278 Å². The summed E-state index contributed by atoms with van der Waals surface area (Å²) >= 11 is 23.2. The number of phenolic OH excluding ortho intramolecular Hbond substituents is 1. The smallest absolute Gasteiger partial charge is 0.416 e. The van der Waals surface area contributed by atoms with Gasteiger partial charge in [-0.05, 0) is 156 Å². The van der Waals surface area contributed by atoms with Crippen molar-refractivity contribution in [3.8, 4) is 5.75 Å². The third-order valence-corrected chi connectivity index (χ3v) is 21.3. The molecule has 666 valence electrons. The molecule has 0 amide bonds. The van der Waals surface area contributed by atoms with Crippen LogP contribution in [0, 0.1) is 29.1 Å². The van der Waals surface area contributed by atoms with Crippen molar-refractivity contribution in [1.29, 1.82) is 0 Å². The zero-order valence-electron chi connectivity index (χ0n) is 72.2. The summed E-state index contributed by atoms with van der Waals surface area (Å²) in [7, 11) is 0. The molecule has 10 N–H and O–H groups in total. The van der Waals surface area contributed by atoms with Crippen molar-refractivity contribution in [3.63, 3.8) is 0 Å². The van der Waals surface area contributed by atoms with Gasteiger partial charge in [0.25, 0.3) is 0 Å². The zero-order valence-corrected chi connectivity index (χ0v) is 75.2. The van der Waals surface area contributed by atoms with E-state index >= 15 is 0 Å². The minimum Gasteiger partial charge on any atom is -0.506 e. The van der Waals surface area contributed by atoms with Crippen molar-refractivity contribution < 1.29 is 53.4 Å². The lowest BCUT2D eigenvalue weighted by Gasteiger charge is -2.07. The minimum absolute atomic E-state index is 0.00421. The summed E-state index contributed by atoms with van der Waals surface area (Å²) in [5.74, 6) is 1.05. The van der Waals surface area contributed by atoms with E-state index in [1.54, 1.807) is 18.2 Å². The van der Waals surface area contributed by atoms with E-state index in [-0.39, 0.29) is 51.0 Å². The van der Waals surface area contributed by atoms with Gasteiger partial charge in [-0.1, -0.05) is 201 Å². The molecule has 34 heteroatoms. The molecule has 18 rings (SSSR count). The molecule has 0 spiro atoms. The third-order valence-electron chi connectivity index (χ3n) is 20.2. The first kappa shape index (κ1) is 96.6. The second-order valence-electron chi connectivity index (χ2n) is 32.5. The Labute approximate surface area is 738 Å². The number of nitrogens with one attached hydrogen (secondary N) is 9. The van der Waals surface area contributed by atoms with Crippen molar-refractivity contribution in [2.45, 2.75) is 190 Å². The summed E-state index contributed by atoms with van der Waals surface area (Å²) in [6, 6.07) is 37.0. The van der Waals surface area contributed by atoms with Crippen LogP contribution in [0.4, 0.5) is 48.3 Å². The number of benzene rings is 9. The van der Waals surface area contributed by atoms with Gasteiger partial charge in [-0.3, -0.25) is 45.9 Å². The van der Waals surface area contributed by atoms with Gasteiger partial charge >= 0.3 is 12.4 Å². The average Bonchev–Trinajstić information content (AvgIpc) is 1.62. The molecule has 19 nitrogen and oxygen atoms in total. The zero-order chi connectivity index (χ0) is 92.4. The summed E-state index contributed by atoms with van der Waals surface area (Å²) in [4.78, 5) is 0. The van der Waals surface area contributed by atoms with Crippen LogP contribution in [0.15, 0.2) is 146 Å². The number of aromatic amines is 9. The Morgan fingerprint density at radius 2 is 0.611 bits per heavy atom. The number of nitrogens with zero attached hydrogens (tertiary/aromatic N) is 9. The molecule has 9 heterocycles. The van der Waals surface area contributed by atoms with Crippen LogP contribution in [0.5, 0.6) is 5.75 Å². The molecule has 0 saturated carbocycles. The van der Waals surface area contributed by atoms with Crippen molar-refractivity contribution in [1.82, 2.24) is 91.8 Å². The summed E-state index contributed by atoms with van der Waals surface area (Å²) in [5.41, 5.74) is 12.8. The molecule has 0 saturated heterocycles. The largest absolute Gasteiger partial charge is 0.506 e. The normalized spacial score (nSPS) is 11.7. The fourth-order valence-electron chi connectivity index (χ4n) is 13.6. The van der Waals surface area contributed by atoms with Crippen LogP contribution < -0.4 is 0 Å². The molecule has 0 aliphatic rings. The van der Waals surface area contributed by atoms with Crippen LogP contribution >= 0.6 is 46.4 Å². The number of hydrogen-bond donors (Lipinski definition) is 10. The first-order valence-electron chi connectivity index (χ1n) is 40.5. The van der Waals surface area contributed by atoms with Gasteiger partial charge in [0, 0.05) is 111 Å². The fourth-order valence-corrected chi connectivity index (χ4v) is 14.3. The van der Waals surface area contributed by atoms with Gasteiger partial charge in [0.1, 0.15) is 45.6 Å². The molecule has 0 unspecified atom stereocenters. The highest BCUT2D eigenvalue weighted by molar-refractivity contribution is 6.35. The lowest BCUT2D eigenvalue weighted by Crippen LogP contribution is -2.04. The molecule has 9 aromatic carbocycles. The highest BCUT2D eigenvalue weighted by Gasteiger charge is 2.33. The lowest BCUT2D eigenvalue weighted by molar-refractivity contribution is -0.138. The number of alkyl halides is 6. The van der Waals surface area contributed by atoms with Crippen molar-refractivity contribution in [2.75, 3.05) is 0 Å². The van der Waals surface area contributed by atoms with E-state index in [0.717, 1.165) is 112 Å². The molecule has 0 bridgehead atoms. The van der Waals surface area contributed by atoms with E-state index in [1.807, 2.05) is 112 Å². The van der Waals surface area contributed by atoms with Crippen LogP contribution in [-0.4, -0.2) is 96.9 Å². The molecule has 18 aromatic rings. The number of para-hydroxylation sites is 2. The highest BCUT2D eigenvalue weighted by Crippen LogP contribution is 2.38.